The van der Waals surface area contributed by atoms with Gasteiger partial charge in [0.1, 0.15) is 0 Å². The number of carbonyl (C=O) groups excluding carboxylic acids is 1. The van der Waals surface area contributed by atoms with E-state index in [9.17, 15) is 4.79 Å². The molecule has 1 aromatic rings. The van der Waals surface area contributed by atoms with Crippen LogP contribution in [-0.2, 0) is 11.3 Å². The molecule has 4 heteroatoms. The minimum Gasteiger partial charge on any atom is -0.335 e. The Bertz CT molecular complexity index is 396. The fourth-order valence-electron chi connectivity index (χ4n) is 2.20. The SMILES string of the molecule is O=C(CCNC1CC1)N(Cc1ccsc1)C1CC1. The minimum atomic E-state index is 0.317. The van der Waals surface area contributed by atoms with Gasteiger partial charge in [-0.15, -0.1) is 0 Å². The maximum atomic E-state index is 12.2. The third kappa shape index (κ3) is 3.33. The molecule has 3 nitrogen and oxygen atoms in total. The lowest BCUT2D eigenvalue weighted by molar-refractivity contribution is -0.132. The van der Waals surface area contributed by atoms with Crippen molar-refractivity contribution in [3.05, 3.63) is 22.4 Å². The van der Waals surface area contributed by atoms with Gasteiger partial charge < -0.3 is 10.2 Å². The Balaban J connectivity index is 1.49. The van der Waals surface area contributed by atoms with E-state index in [1.54, 1.807) is 11.3 Å². The molecule has 2 aliphatic rings. The van der Waals surface area contributed by atoms with Gasteiger partial charge >= 0.3 is 0 Å². The summed E-state index contributed by atoms with van der Waals surface area (Å²) in [5, 5.41) is 7.64. The van der Waals surface area contributed by atoms with Crippen molar-refractivity contribution in [3.63, 3.8) is 0 Å². The highest BCUT2D eigenvalue weighted by Gasteiger charge is 2.32. The van der Waals surface area contributed by atoms with E-state index in [0.717, 1.165) is 13.1 Å². The van der Waals surface area contributed by atoms with E-state index in [1.807, 2.05) is 0 Å². The van der Waals surface area contributed by atoms with Gasteiger partial charge in [0.15, 0.2) is 0 Å². The molecule has 2 aliphatic carbocycles. The first-order valence-electron chi connectivity index (χ1n) is 6.87. The number of amides is 1. The first kappa shape index (κ1) is 12.2. The van der Waals surface area contributed by atoms with E-state index >= 15 is 0 Å². The number of nitrogens with one attached hydrogen (secondary N) is 1. The summed E-state index contributed by atoms with van der Waals surface area (Å²) in [5.41, 5.74) is 1.27. The van der Waals surface area contributed by atoms with Gasteiger partial charge in [0.2, 0.25) is 5.91 Å². The van der Waals surface area contributed by atoms with Crippen molar-refractivity contribution in [2.45, 2.75) is 50.7 Å². The van der Waals surface area contributed by atoms with E-state index in [4.69, 9.17) is 0 Å². The van der Waals surface area contributed by atoms with Crippen LogP contribution in [0.25, 0.3) is 0 Å². The van der Waals surface area contributed by atoms with E-state index < -0.39 is 0 Å². The molecule has 0 unspecified atom stereocenters. The largest absolute Gasteiger partial charge is 0.335 e. The molecule has 1 N–H and O–H groups in total. The summed E-state index contributed by atoms with van der Waals surface area (Å²) in [5.74, 6) is 0.317. The van der Waals surface area contributed by atoms with Crippen LogP contribution in [0.1, 0.15) is 37.7 Å². The van der Waals surface area contributed by atoms with Gasteiger partial charge in [-0.25, -0.2) is 0 Å². The van der Waals surface area contributed by atoms with Crippen molar-refractivity contribution < 1.29 is 4.79 Å². The Kier molecular flexibility index (Phi) is 3.66. The van der Waals surface area contributed by atoms with Crippen LogP contribution in [-0.4, -0.2) is 29.4 Å². The van der Waals surface area contributed by atoms with Gasteiger partial charge in [-0.2, -0.15) is 11.3 Å². The van der Waals surface area contributed by atoms with E-state index in [1.165, 1.54) is 31.2 Å². The van der Waals surface area contributed by atoms with Crippen LogP contribution in [0.5, 0.6) is 0 Å². The maximum Gasteiger partial charge on any atom is 0.224 e. The Morgan fingerprint density at radius 3 is 2.83 bits per heavy atom. The smallest absolute Gasteiger partial charge is 0.224 e. The highest BCUT2D eigenvalue weighted by Crippen LogP contribution is 2.29. The second-order valence-corrected chi connectivity index (χ2v) is 6.14. The average Bonchev–Trinajstić information content (AvgIpc) is 3.28. The van der Waals surface area contributed by atoms with E-state index in [0.29, 0.717) is 24.4 Å². The van der Waals surface area contributed by atoms with Gasteiger partial charge in [-0.3, -0.25) is 4.79 Å². The molecule has 1 aromatic heterocycles. The summed E-state index contributed by atoms with van der Waals surface area (Å²) in [6, 6.07) is 3.33. The maximum absolute atomic E-state index is 12.2. The van der Waals surface area contributed by atoms with Gasteiger partial charge in [-0.05, 0) is 48.1 Å². The van der Waals surface area contributed by atoms with Gasteiger partial charge in [-0.1, -0.05) is 0 Å². The predicted molar refractivity (Wildman–Crippen MR) is 73.5 cm³/mol. The normalized spacial score (nSPS) is 18.9. The van der Waals surface area contributed by atoms with Gasteiger partial charge in [0.05, 0.1) is 0 Å². The molecule has 0 bridgehead atoms. The Hall–Kier alpha value is -0.870. The van der Waals surface area contributed by atoms with Crippen LogP contribution >= 0.6 is 11.3 Å². The van der Waals surface area contributed by atoms with Crippen molar-refractivity contribution in [1.82, 2.24) is 10.2 Å². The van der Waals surface area contributed by atoms with Crippen LogP contribution in [0.15, 0.2) is 16.8 Å². The molecule has 2 saturated carbocycles. The zero-order valence-corrected chi connectivity index (χ0v) is 11.4. The van der Waals surface area contributed by atoms with Crippen molar-refractivity contribution in [1.29, 1.82) is 0 Å². The third-order valence-electron chi connectivity index (χ3n) is 3.59. The molecule has 0 atom stereocenters. The van der Waals surface area contributed by atoms with Crippen molar-refractivity contribution >= 4 is 17.2 Å². The zero-order valence-electron chi connectivity index (χ0n) is 10.6. The van der Waals surface area contributed by atoms with Crippen LogP contribution in [0.4, 0.5) is 0 Å². The molecule has 0 aromatic carbocycles. The van der Waals surface area contributed by atoms with Crippen molar-refractivity contribution in [3.8, 4) is 0 Å². The lowest BCUT2D eigenvalue weighted by Crippen LogP contribution is -2.34. The number of hydrogen-bond acceptors (Lipinski definition) is 3. The number of hydrogen-bond donors (Lipinski definition) is 1. The molecule has 2 fully saturated rings. The first-order chi connectivity index (χ1) is 8.83. The zero-order chi connectivity index (χ0) is 12.4. The molecule has 98 valence electrons. The lowest BCUT2D eigenvalue weighted by atomic mass is 10.2. The second kappa shape index (κ2) is 5.41. The van der Waals surface area contributed by atoms with Crippen molar-refractivity contribution in [2.24, 2.45) is 0 Å². The predicted octanol–water partition coefficient (Wildman–Crippen LogP) is 2.38. The first-order valence-corrected chi connectivity index (χ1v) is 7.81. The number of nitrogens with zero attached hydrogens (tertiary/aromatic N) is 1. The molecule has 0 spiro atoms. The third-order valence-corrected chi connectivity index (χ3v) is 4.32. The Morgan fingerprint density at radius 1 is 1.39 bits per heavy atom. The van der Waals surface area contributed by atoms with Crippen molar-refractivity contribution in [2.75, 3.05) is 6.54 Å². The quantitative estimate of drug-likeness (QED) is 0.820. The van der Waals surface area contributed by atoms with Gasteiger partial charge in [0.25, 0.3) is 0 Å². The van der Waals surface area contributed by atoms with Gasteiger partial charge in [0, 0.05) is 31.6 Å². The molecule has 0 radical (unpaired) electrons. The molecule has 1 heterocycles. The molecule has 3 rings (SSSR count). The summed E-state index contributed by atoms with van der Waals surface area (Å²) < 4.78 is 0. The standard InChI is InChI=1S/C14H20N2OS/c17-14(5-7-15-12-1-2-12)16(13-3-4-13)9-11-6-8-18-10-11/h6,8,10,12-13,15H,1-5,7,9H2. The summed E-state index contributed by atoms with van der Waals surface area (Å²) in [7, 11) is 0. The molecule has 0 saturated heterocycles. The highest BCUT2D eigenvalue weighted by molar-refractivity contribution is 7.07. The van der Waals surface area contributed by atoms with Crippen LogP contribution in [0.2, 0.25) is 0 Å². The van der Waals surface area contributed by atoms with Crippen LogP contribution in [0.3, 0.4) is 0 Å². The molecule has 0 aliphatic heterocycles. The van der Waals surface area contributed by atoms with Crippen LogP contribution < -0.4 is 5.32 Å². The molecular weight excluding hydrogens is 244 g/mol. The minimum absolute atomic E-state index is 0.317. The molecule has 18 heavy (non-hydrogen) atoms. The molecular formula is C14H20N2OS. The Morgan fingerprint density at radius 2 is 2.22 bits per heavy atom. The number of rotatable bonds is 7. The fourth-order valence-corrected chi connectivity index (χ4v) is 2.86. The monoisotopic (exact) mass is 264 g/mol. The van der Waals surface area contributed by atoms with Crippen LogP contribution in [0, 0.1) is 0 Å². The molecule has 1 amide bonds. The number of thiophene rings is 1. The Labute approximate surface area is 112 Å². The second-order valence-electron chi connectivity index (χ2n) is 5.36. The summed E-state index contributed by atoms with van der Waals surface area (Å²) in [4.78, 5) is 14.3. The summed E-state index contributed by atoms with van der Waals surface area (Å²) in [6.45, 7) is 1.65. The lowest BCUT2D eigenvalue weighted by Gasteiger charge is -2.22. The summed E-state index contributed by atoms with van der Waals surface area (Å²) >= 11 is 1.71. The van der Waals surface area contributed by atoms with E-state index in [-0.39, 0.29) is 0 Å². The topological polar surface area (TPSA) is 32.3 Å². The fraction of sp³-hybridized carbons (Fsp3) is 0.643. The highest BCUT2D eigenvalue weighted by atomic mass is 32.1. The summed E-state index contributed by atoms with van der Waals surface area (Å²) in [6.07, 6.45) is 5.60. The van der Waals surface area contributed by atoms with E-state index in [2.05, 4.69) is 27.0 Å². The number of carbonyl (C=O) groups is 1. The average molecular weight is 264 g/mol.